The number of rotatable bonds is 5. The molecule has 6 nitrogen and oxygen atoms in total. The number of hydrogen-bond acceptors (Lipinski definition) is 4. The molecule has 0 unspecified atom stereocenters. The van der Waals surface area contributed by atoms with Gasteiger partial charge < -0.3 is 9.80 Å². The molecule has 0 aliphatic carbocycles. The van der Waals surface area contributed by atoms with Gasteiger partial charge in [0.05, 0.1) is 16.5 Å². The van der Waals surface area contributed by atoms with Gasteiger partial charge in [-0.25, -0.2) is 9.37 Å². The van der Waals surface area contributed by atoms with Gasteiger partial charge in [0.1, 0.15) is 17.7 Å². The summed E-state index contributed by atoms with van der Waals surface area (Å²) in [5.74, 6) is -2.55. The lowest BCUT2D eigenvalue weighted by molar-refractivity contribution is -0.137. The minimum atomic E-state index is -4.64. The largest absolute Gasteiger partial charge is 0.416 e. The maximum absolute atomic E-state index is 13.6. The Labute approximate surface area is 193 Å². The number of aryl methyl sites for hydroxylation is 1. The third kappa shape index (κ3) is 5.27. The van der Waals surface area contributed by atoms with E-state index in [2.05, 4.69) is 4.98 Å². The van der Waals surface area contributed by atoms with Crippen molar-refractivity contribution in [2.75, 3.05) is 37.5 Å². The van der Waals surface area contributed by atoms with Crippen LogP contribution in [0.25, 0.3) is 0 Å². The van der Waals surface area contributed by atoms with Gasteiger partial charge in [-0.2, -0.15) is 13.2 Å². The van der Waals surface area contributed by atoms with Crippen LogP contribution in [0.3, 0.4) is 0 Å². The number of amides is 2. The molecule has 2 atom stereocenters. The molecule has 2 heterocycles. The zero-order valence-electron chi connectivity index (χ0n) is 18.5. The Morgan fingerprint density at radius 2 is 1.88 bits per heavy atom. The van der Waals surface area contributed by atoms with Crippen molar-refractivity contribution in [1.29, 1.82) is 0 Å². The molecule has 0 saturated carbocycles. The number of hydrogen-bond donors (Lipinski definition) is 0. The highest BCUT2D eigenvalue weighted by atomic mass is 35.5. The summed E-state index contributed by atoms with van der Waals surface area (Å²) >= 11 is 5.83. The Balaban J connectivity index is 2.04. The molecule has 3 rings (SSSR count). The van der Waals surface area contributed by atoms with E-state index in [-0.39, 0.29) is 28.6 Å². The fourth-order valence-electron chi connectivity index (χ4n) is 3.89. The molecule has 11 heteroatoms. The zero-order chi connectivity index (χ0) is 24.7. The maximum Gasteiger partial charge on any atom is 0.416 e. The van der Waals surface area contributed by atoms with Crippen LogP contribution in [0.4, 0.5) is 29.1 Å². The normalized spacial score (nSPS) is 18.8. The lowest BCUT2D eigenvalue weighted by Gasteiger charge is -2.28. The number of benzene rings is 1. The number of likely N-dealkylation sites (N-methyl/N-ethyl adjacent to an activating group) is 1. The monoisotopic (exact) mass is 486 g/mol. The summed E-state index contributed by atoms with van der Waals surface area (Å²) in [4.78, 5) is 34.8. The third-order valence-corrected chi connectivity index (χ3v) is 5.70. The van der Waals surface area contributed by atoms with Crippen molar-refractivity contribution in [2.45, 2.75) is 25.6 Å². The van der Waals surface area contributed by atoms with Crippen LogP contribution < -0.4 is 9.80 Å². The maximum atomic E-state index is 13.6. The third-order valence-electron chi connectivity index (χ3n) is 5.41. The second-order valence-electron chi connectivity index (χ2n) is 8.27. The van der Waals surface area contributed by atoms with E-state index in [4.69, 9.17) is 11.6 Å². The SMILES string of the molecule is Cc1cc(C(F)(F)F)cc(N2C(=O)[C@H](CN(C)C)C[C@@H]2C(=O)N(C)c2ccc(F)c(Cl)c2)n1. The first-order valence-corrected chi connectivity index (χ1v) is 10.4. The van der Waals surface area contributed by atoms with Crippen LogP contribution in [0.2, 0.25) is 5.02 Å². The van der Waals surface area contributed by atoms with Crippen LogP contribution in [0.15, 0.2) is 30.3 Å². The van der Waals surface area contributed by atoms with Gasteiger partial charge >= 0.3 is 6.18 Å². The zero-order valence-corrected chi connectivity index (χ0v) is 19.2. The Kier molecular flexibility index (Phi) is 6.99. The van der Waals surface area contributed by atoms with Gasteiger partial charge in [-0.15, -0.1) is 0 Å². The highest BCUT2D eigenvalue weighted by Crippen LogP contribution is 2.36. The molecule has 2 amide bonds. The number of pyridine rings is 1. The summed E-state index contributed by atoms with van der Waals surface area (Å²) in [7, 11) is 4.94. The van der Waals surface area contributed by atoms with Gasteiger partial charge in [0, 0.05) is 25.0 Å². The number of aromatic nitrogens is 1. The summed E-state index contributed by atoms with van der Waals surface area (Å²) in [5.41, 5.74) is -0.615. The predicted molar refractivity (Wildman–Crippen MR) is 117 cm³/mol. The van der Waals surface area contributed by atoms with Crippen LogP contribution >= 0.6 is 11.6 Å². The van der Waals surface area contributed by atoms with E-state index < -0.39 is 41.3 Å². The molecule has 0 radical (unpaired) electrons. The average Bonchev–Trinajstić information content (AvgIpc) is 3.03. The second kappa shape index (κ2) is 9.26. The molecule has 1 aliphatic heterocycles. The average molecular weight is 487 g/mol. The number of carbonyl (C=O) groups is 2. The minimum absolute atomic E-state index is 0.0635. The van der Waals surface area contributed by atoms with E-state index in [1.807, 2.05) is 0 Å². The molecule has 1 saturated heterocycles. The summed E-state index contributed by atoms with van der Waals surface area (Å²) in [6.45, 7) is 1.70. The molecule has 1 aromatic heterocycles. The Bertz CT molecular complexity index is 1080. The van der Waals surface area contributed by atoms with E-state index in [9.17, 15) is 27.2 Å². The number of anilines is 2. The fraction of sp³-hybridized carbons (Fsp3) is 0.409. The fourth-order valence-corrected chi connectivity index (χ4v) is 4.06. The smallest absolute Gasteiger partial charge is 0.314 e. The molecular formula is C22H23ClF4N4O2. The van der Waals surface area contributed by atoms with Gasteiger partial charge in [-0.1, -0.05) is 11.6 Å². The molecular weight excluding hydrogens is 464 g/mol. The van der Waals surface area contributed by atoms with E-state index in [0.29, 0.717) is 6.54 Å². The number of halogens is 5. The summed E-state index contributed by atoms with van der Waals surface area (Å²) < 4.78 is 53.8. The number of alkyl halides is 3. The van der Waals surface area contributed by atoms with E-state index in [1.54, 1.807) is 19.0 Å². The van der Waals surface area contributed by atoms with E-state index >= 15 is 0 Å². The van der Waals surface area contributed by atoms with Crippen LogP contribution in [0, 0.1) is 18.7 Å². The number of carbonyl (C=O) groups excluding carboxylic acids is 2. The molecule has 0 bridgehead atoms. The standard InChI is InChI=1S/C22H23ClF4N4O2/c1-12-7-14(22(25,26)27)9-19(28-12)31-18(8-13(20(31)32)11-29(2)3)21(33)30(4)15-5-6-17(24)16(23)10-15/h5-7,9-10,13,18H,8,11H2,1-4H3/t13-,18+/m0/s1. The highest BCUT2D eigenvalue weighted by Gasteiger charge is 2.46. The second-order valence-corrected chi connectivity index (χ2v) is 8.67. The van der Waals surface area contributed by atoms with Gasteiger partial charge in [0.2, 0.25) is 11.8 Å². The van der Waals surface area contributed by atoms with Crippen molar-refractivity contribution < 1.29 is 27.2 Å². The summed E-state index contributed by atoms with van der Waals surface area (Å²) in [6, 6.07) is 4.28. The van der Waals surface area contributed by atoms with Gasteiger partial charge in [0.25, 0.3) is 0 Å². The number of nitrogens with zero attached hydrogens (tertiary/aromatic N) is 4. The molecule has 1 aliphatic rings. The molecule has 0 N–H and O–H groups in total. The van der Waals surface area contributed by atoms with Crippen molar-refractivity contribution in [2.24, 2.45) is 5.92 Å². The first-order chi connectivity index (χ1) is 15.3. The minimum Gasteiger partial charge on any atom is -0.314 e. The molecule has 2 aromatic rings. The van der Waals surface area contributed by atoms with Crippen LogP contribution in [-0.2, 0) is 15.8 Å². The van der Waals surface area contributed by atoms with Crippen LogP contribution in [-0.4, -0.2) is 55.4 Å². The van der Waals surface area contributed by atoms with Crippen molar-refractivity contribution in [1.82, 2.24) is 9.88 Å². The Hall–Kier alpha value is -2.72. The van der Waals surface area contributed by atoms with Gasteiger partial charge in [-0.05, 0) is 57.8 Å². The first-order valence-electron chi connectivity index (χ1n) is 10.1. The van der Waals surface area contributed by atoms with Crippen molar-refractivity contribution in [3.05, 3.63) is 52.4 Å². The Morgan fingerprint density at radius 1 is 1.21 bits per heavy atom. The van der Waals surface area contributed by atoms with Gasteiger partial charge in [-0.3, -0.25) is 14.5 Å². The van der Waals surface area contributed by atoms with Crippen LogP contribution in [0.5, 0.6) is 0 Å². The topological polar surface area (TPSA) is 56.8 Å². The van der Waals surface area contributed by atoms with Gasteiger partial charge in [0.15, 0.2) is 0 Å². The molecule has 1 fully saturated rings. The lowest BCUT2D eigenvalue weighted by Crippen LogP contribution is -2.46. The highest BCUT2D eigenvalue weighted by molar-refractivity contribution is 6.31. The van der Waals surface area contributed by atoms with Crippen molar-refractivity contribution >= 4 is 34.9 Å². The van der Waals surface area contributed by atoms with Crippen molar-refractivity contribution in [3.8, 4) is 0 Å². The predicted octanol–water partition coefficient (Wildman–Crippen LogP) is 4.15. The van der Waals surface area contributed by atoms with E-state index in [0.717, 1.165) is 23.1 Å². The molecule has 178 valence electrons. The first kappa shape index (κ1) is 24.9. The van der Waals surface area contributed by atoms with Crippen molar-refractivity contribution in [3.63, 3.8) is 0 Å². The molecule has 0 spiro atoms. The quantitative estimate of drug-likeness (QED) is 0.596. The van der Waals surface area contributed by atoms with Crippen LogP contribution in [0.1, 0.15) is 17.7 Å². The molecule has 33 heavy (non-hydrogen) atoms. The summed E-state index contributed by atoms with van der Waals surface area (Å²) in [6.07, 6.45) is -4.55. The Morgan fingerprint density at radius 3 is 2.45 bits per heavy atom. The summed E-state index contributed by atoms with van der Waals surface area (Å²) in [5, 5.41) is -0.188. The molecule has 1 aromatic carbocycles. The van der Waals surface area contributed by atoms with E-state index in [1.165, 1.54) is 31.0 Å². The lowest BCUT2D eigenvalue weighted by atomic mass is 10.0.